The van der Waals surface area contributed by atoms with Crippen LogP contribution in [0.2, 0.25) is 0 Å². The van der Waals surface area contributed by atoms with E-state index < -0.39 is 0 Å². The Morgan fingerprint density at radius 3 is 2.65 bits per heavy atom. The van der Waals surface area contributed by atoms with Crippen LogP contribution < -0.4 is 5.32 Å². The van der Waals surface area contributed by atoms with Gasteiger partial charge in [0.25, 0.3) is 0 Å². The van der Waals surface area contributed by atoms with Crippen molar-refractivity contribution in [1.82, 2.24) is 10.2 Å². The SMILES string of the molecule is CN=C(NCC(C)(C)c1cccc(F)c1)N(C)CCC1CCOCC1.I. The van der Waals surface area contributed by atoms with Crippen LogP contribution in [0.25, 0.3) is 0 Å². The number of halogens is 2. The fraction of sp³-hybridized carbons (Fsp3) is 0.650. The summed E-state index contributed by atoms with van der Waals surface area (Å²) in [6, 6.07) is 6.83. The summed E-state index contributed by atoms with van der Waals surface area (Å²) in [7, 11) is 3.88. The third-order valence-electron chi connectivity index (χ3n) is 5.08. The minimum absolute atomic E-state index is 0. The zero-order valence-electron chi connectivity index (χ0n) is 16.4. The minimum atomic E-state index is -0.191. The van der Waals surface area contributed by atoms with Gasteiger partial charge in [0.05, 0.1) is 0 Å². The summed E-state index contributed by atoms with van der Waals surface area (Å²) >= 11 is 0. The van der Waals surface area contributed by atoms with E-state index in [1.807, 2.05) is 13.1 Å². The van der Waals surface area contributed by atoms with E-state index in [-0.39, 0.29) is 35.2 Å². The molecular weight excluding hydrogens is 444 g/mol. The highest BCUT2D eigenvalue weighted by atomic mass is 127. The van der Waals surface area contributed by atoms with Crippen molar-refractivity contribution < 1.29 is 9.13 Å². The monoisotopic (exact) mass is 477 g/mol. The van der Waals surface area contributed by atoms with Gasteiger partial charge in [0.1, 0.15) is 5.82 Å². The fourth-order valence-electron chi connectivity index (χ4n) is 3.21. The van der Waals surface area contributed by atoms with Crippen LogP contribution in [0.5, 0.6) is 0 Å². The fourth-order valence-corrected chi connectivity index (χ4v) is 3.21. The molecule has 0 saturated carbocycles. The van der Waals surface area contributed by atoms with Gasteiger partial charge < -0.3 is 15.0 Å². The maximum atomic E-state index is 13.5. The summed E-state index contributed by atoms with van der Waals surface area (Å²) in [6.07, 6.45) is 3.48. The topological polar surface area (TPSA) is 36.9 Å². The van der Waals surface area contributed by atoms with Crippen molar-refractivity contribution in [2.24, 2.45) is 10.9 Å². The van der Waals surface area contributed by atoms with E-state index in [4.69, 9.17) is 4.74 Å². The zero-order chi connectivity index (χ0) is 18.3. The van der Waals surface area contributed by atoms with Crippen LogP contribution in [-0.4, -0.2) is 51.3 Å². The number of rotatable bonds is 6. The number of benzene rings is 1. The summed E-state index contributed by atoms with van der Waals surface area (Å²) in [5.41, 5.74) is 0.805. The molecule has 0 amide bonds. The number of hydrogen-bond donors (Lipinski definition) is 1. The van der Waals surface area contributed by atoms with Crippen molar-refractivity contribution in [1.29, 1.82) is 0 Å². The lowest BCUT2D eigenvalue weighted by atomic mass is 9.84. The average molecular weight is 477 g/mol. The number of ether oxygens (including phenoxy) is 1. The van der Waals surface area contributed by atoms with Crippen molar-refractivity contribution in [3.63, 3.8) is 0 Å². The zero-order valence-corrected chi connectivity index (χ0v) is 18.8. The van der Waals surface area contributed by atoms with Crippen LogP contribution >= 0.6 is 24.0 Å². The molecular formula is C20H33FIN3O. The van der Waals surface area contributed by atoms with E-state index in [1.165, 1.54) is 6.07 Å². The van der Waals surface area contributed by atoms with Gasteiger partial charge >= 0.3 is 0 Å². The molecule has 26 heavy (non-hydrogen) atoms. The highest BCUT2D eigenvalue weighted by molar-refractivity contribution is 14.0. The number of nitrogens with zero attached hydrogens (tertiary/aromatic N) is 2. The van der Waals surface area contributed by atoms with Gasteiger partial charge in [0, 0.05) is 45.8 Å². The molecule has 0 aromatic heterocycles. The first-order chi connectivity index (χ1) is 11.9. The molecule has 1 aromatic carbocycles. The molecule has 0 bridgehead atoms. The highest BCUT2D eigenvalue weighted by Crippen LogP contribution is 2.23. The lowest BCUT2D eigenvalue weighted by Crippen LogP contribution is -2.45. The molecule has 0 aliphatic carbocycles. The Labute approximate surface area is 174 Å². The van der Waals surface area contributed by atoms with Gasteiger partial charge in [-0.25, -0.2) is 4.39 Å². The second-order valence-electron chi connectivity index (χ2n) is 7.56. The summed E-state index contributed by atoms with van der Waals surface area (Å²) in [6.45, 7) is 7.69. The Bertz CT molecular complexity index is 574. The van der Waals surface area contributed by atoms with Gasteiger partial charge in [0.2, 0.25) is 0 Å². The Hall–Kier alpha value is -0.890. The van der Waals surface area contributed by atoms with Crippen LogP contribution in [0.1, 0.15) is 38.7 Å². The van der Waals surface area contributed by atoms with Crippen LogP contribution in [0, 0.1) is 11.7 Å². The van der Waals surface area contributed by atoms with E-state index in [0.717, 1.165) is 56.5 Å². The van der Waals surface area contributed by atoms with Crippen LogP contribution in [-0.2, 0) is 10.2 Å². The molecule has 1 aliphatic rings. The van der Waals surface area contributed by atoms with E-state index in [1.54, 1.807) is 12.1 Å². The molecule has 1 heterocycles. The molecule has 148 valence electrons. The largest absolute Gasteiger partial charge is 0.381 e. The van der Waals surface area contributed by atoms with Crippen molar-refractivity contribution in [2.75, 3.05) is 40.4 Å². The van der Waals surface area contributed by atoms with Gasteiger partial charge in [-0.3, -0.25) is 4.99 Å². The van der Waals surface area contributed by atoms with Crippen LogP contribution in [0.3, 0.4) is 0 Å². The first-order valence-electron chi connectivity index (χ1n) is 9.18. The smallest absolute Gasteiger partial charge is 0.193 e. The normalized spacial score (nSPS) is 16.1. The van der Waals surface area contributed by atoms with Crippen molar-refractivity contribution in [3.05, 3.63) is 35.6 Å². The summed E-state index contributed by atoms with van der Waals surface area (Å²) in [5, 5.41) is 3.44. The first kappa shape index (κ1) is 23.1. The Morgan fingerprint density at radius 1 is 1.35 bits per heavy atom. The number of hydrogen-bond acceptors (Lipinski definition) is 2. The molecule has 0 radical (unpaired) electrons. The third-order valence-corrected chi connectivity index (χ3v) is 5.08. The van der Waals surface area contributed by atoms with Gasteiger partial charge in [-0.1, -0.05) is 26.0 Å². The molecule has 1 aromatic rings. The van der Waals surface area contributed by atoms with E-state index in [9.17, 15) is 4.39 Å². The van der Waals surface area contributed by atoms with Crippen molar-refractivity contribution >= 4 is 29.9 Å². The van der Waals surface area contributed by atoms with Crippen LogP contribution in [0.15, 0.2) is 29.3 Å². The predicted molar refractivity (Wildman–Crippen MR) is 117 cm³/mol. The molecule has 0 unspecified atom stereocenters. The van der Waals surface area contributed by atoms with E-state index in [0.29, 0.717) is 6.54 Å². The first-order valence-corrected chi connectivity index (χ1v) is 9.18. The second-order valence-corrected chi connectivity index (χ2v) is 7.56. The Balaban J connectivity index is 0.00000338. The maximum Gasteiger partial charge on any atom is 0.193 e. The van der Waals surface area contributed by atoms with Gasteiger partial charge in [0.15, 0.2) is 5.96 Å². The van der Waals surface area contributed by atoms with Crippen molar-refractivity contribution in [2.45, 2.75) is 38.5 Å². The molecule has 0 atom stereocenters. The summed E-state index contributed by atoms with van der Waals surface area (Å²) in [5.74, 6) is 1.44. The average Bonchev–Trinajstić information content (AvgIpc) is 2.61. The summed E-state index contributed by atoms with van der Waals surface area (Å²) < 4.78 is 18.9. The van der Waals surface area contributed by atoms with Crippen molar-refractivity contribution in [3.8, 4) is 0 Å². The number of guanidine groups is 1. The lowest BCUT2D eigenvalue weighted by molar-refractivity contribution is 0.0625. The predicted octanol–water partition coefficient (Wildman–Crippen LogP) is 4.05. The second kappa shape index (κ2) is 11.1. The Morgan fingerprint density at radius 2 is 2.04 bits per heavy atom. The molecule has 1 aliphatic heterocycles. The number of nitrogens with one attached hydrogen (secondary N) is 1. The summed E-state index contributed by atoms with van der Waals surface area (Å²) in [4.78, 5) is 6.58. The molecule has 6 heteroatoms. The van der Waals surface area contributed by atoms with Gasteiger partial charge in [-0.2, -0.15) is 0 Å². The molecule has 1 saturated heterocycles. The Kier molecular flexibility index (Phi) is 9.85. The highest BCUT2D eigenvalue weighted by Gasteiger charge is 2.22. The minimum Gasteiger partial charge on any atom is -0.381 e. The quantitative estimate of drug-likeness (QED) is 0.382. The molecule has 4 nitrogen and oxygen atoms in total. The number of aliphatic imine (C=N–C) groups is 1. The standard InChI is InChI=1S/C20H32FN3O.HI/c1-20(2,17-6-5-7-18(21)14-17)15-23-19(22-3)24(4)11-8-16-9-12-25-13-10-16;/h5-7,14,16H,8-13,15H2,1-4H3,(H,22,23);1H. The van der Waals surface area contributed by atoms with Gasteiger partial charge in [-0.05, 0) is 42.9 Å². The molecule has 1 fully saturated rings. The van der Waals surface area contributed by atoms with Crippen LogP contribution in [0.4, 0.5) is 4.39 Å². The third kappa shape index (κ3) is 7.02. The maximum absolute atomic E-state index is 13.5. The van der Waals surface area contributed by atoms with Gasteiger partial charge in [-0.15, -0.1) is 24.0 Å². The van der Waals surface area contributed by atoms with E-state index in [2.05, 4.69) is 36.1 Å². The molecule has 0 spiro atoms. The lowest BCUT2D eigenvalue weighted by Gasteiger charge is -2.30. The molecule has 1 N–H and O–H groups in total. The molecule has 2 rings (SSSR count). The van der Waals surface area contributed by atoms with E-state index >= 15 is 0 Å².